The van der Waals surface area contributed by atoms with E-state index in [0.29, 0.717) is 12.2 Å². The van der Waals surface area contributed by atoms with Gasteiger partial charge in [0.05, 0.1) is 23.3 Å². The van der Waals surface area contributed by atoms with Crippen LogP contribution in [0, 0.1) is 0 Å². The number of nitrogens with one attached hydrogen (secondary N) is 3. The minimum atomic E-state index is -0.439. The van der Waals surface area contributed by atoms with Crippen molar-refractivity contribution < 1.29 is 4.79 Å². The van der Waals surface area contributed by atoms with Crippen LogP contribution in [0.5, 0.6) is 0 Å². The number of nitrogens with zero attached hydrogens (tertiary/aromatic N) is 1. The summed E-state index contributed by atoms with van der Waals surface area (Å²) < 4.78 is 0. The van der Waals surface area contributed by atoms with Crippen molar-refractivity contribution in [2.24, 2.45) is 11.5 Å². The third-order valence-electron chi connectivity index (χ3n) is 4.95. The number of fused-ring (bicyclic) bond motifs is 1. The molecule has 7 N–H and O–H groups in total. The first kappa shape index (κ1) is 18.0. The number of amides is 1. The third kappa shape index (κ3) is 3.28. The van der Waals surface area contributed by atoms with E-state index in [1.54, 1.807) is 6.20 Å². The molecule has 4 aromatic rings. The summed E-state index contributed by atoms with van der Waals surface area (Å²) in [6, 6.07) is 13.5. The lowest BCUT2D eigenvalue weighted by atomic mass is 9.97. The molecule has 0 fully saturated rings. The zero-order chi connectivity index (χ0) is 19.5. The van der Waals surface area contributed by atoms with Gasteiger partial charge in [0.1, 0.15) is 0 Å². The standard InChI is InChI=1S/C21H22N6O/c22-8-13-4-6-14(7-5-13)17(9-23)21(28)27-19-3-1-2-16-18(12-24-20(16)19)15-10-25-26-11-15/h1-7,10-12,17,24H,8-9,22-23H2,(H,25,26)(H,27,28). The van der Waals surface area contributed by atoms with E-state index < -0.39 is 5.92 Å². The Morgan fingerprint density at radius 3 is 2.61 bits per heavy atom. The summed E-state index contributed by atoms with van der Waals surface area (Å²) in [4.78, 5) is 16.2. The summed E-state index contributed by atoms with van der Waals surface area (Å²) in [6.07, 6.45) is 5.52. The number of hydrogen-bond acceptors (Lipinski definition) is 4. The maximum atomic E-state index is 12.9. The Bertz CT molecular complexity index is 1080. The normalized spacial score (nSPS) is 12.2. The summed E-state index contributed by atoms with van der Waals surface area (Å²) >= 11 is 0. The van der Waals surface area contributed by atoms with Gasteiger partial charge in [0.15, 0.2) is 0 Å². The van der Waals surface area contributed by atoms with E-state index in [4.69, 9.17) is 11.5 Å². The fourth-order valence-corrected chi connectivity index (χ4v) is 3.40. The van der Waals surface area contributed by atoms with Gasteiger partial charge in [-0.2, -0.15) is 5.10 Å². The smallest absolute Gasteiger partial charge is 0.233 e. The molecule has 0 radical (unpaired) electrons. The topological polar surface area (TPSA) is 126 Å². The van der Waals surface area contributed by atoms with Crippen LogP contribution in [-0.2, 0) is 11.3 Å². The molecule has 28 heavy (non-hydrogen) atoms. The van der Waals surface area contributed by atoms with Crippen LogP contribution in [0.2, 0.25) is 0 Å². The van der Waals surface area contributed by atoms with Crippen LogP contribution in [0.4, 0.5) is 5.69 Å². The van der Waals surface area contributed by atoms with Gasteiger partial charge in [-0.25, -0.2) is 0 Å². The summed E-state index contributed by atoms with van der Waals surface area (Å²) in [6.45, 7) is 0.683. The molecular weight excluding hydrogens is 352 g/mol. The second-order valence-corrected chi connectivity index (χ2v) is 6.64. The number of hydrogen-bond donors (Lipinski definition) is 5. The van der Waals surface area contributed by atoms with Crippen LogP contribution < -0.4 is 16.8 Å². The number of nitrogens with two attached hydrogens (primary N) is 2. The van der Waals surface area contributed by atoms with Crippen LogP contribution in [0.25, 0.3) is 22.0 Å². The summed E-state index contributed by atoms with van der Waals surface area (Å²) in [5.74, 6) is -0.583. The Morgan fingerprint density at radius 2 is 1.93 bits per heavy atom. The minimum Gasteiger partial charge on any atom is -0.359 e. The molecule has 2 heterocycles. The van der Waals surface area contributed by atoms with Crippen molar-refractivity contribution in [1.82, 2.24) is 15.2 Å². The van der Waals surface area contributed by atoms with Gasteiger partial charge in [0, 0.05) is 42.0 Å². The van der Waals surface area contributed by atoms with Crippen molar-refractivity contribution in [3.8, 4) is 11.1 Å². The number of para-hydroxylation sites is 1. The molecule has 0 saturated carbocycles. The van der Waals surface area contributed by atoms with Gasteiger partial charge < -0.3 is 21.8 Å². The van der Waals surface area contributed by atoms with Gasteiger partial charge in [-0.15, -0.1) is 0 Å². The molecule has 7 heteroatoms. The second kappa shape index (κ2) is 7.67. The second-order valence-electron chi connectivity index (χ2n) is 6.64. The first-order valence-corrected chi connectivity index (χ1v) is 9.10. The highest BCUT2D eigenvalue weighted by Gasteiger charge is 2.20. The largest absolute Gasteiger partial charge is 0.359 e. The summed E-state index contributed by atoms with van der Waals surface area (Å²) in [7, 11) is 0. The van der Waals surface area contributed by atoms with E-state index >= 15 is 0 Å². The highest BCUT2D eigenvalue weighted by atomic mass is 16.1. The maximum Gasteiger partial charge on any atom is 0.233 e. The van der Waals surface area contributed by atoms with E-state index in [1.807, 2.05) is 54.9 Å². The maximum absolute atomic E-state index is 12.9. The van der Waals surface area contributed by atoms with Gasteiger partial charge in [0.25, 0.3) is 0 Å². The molecule has 1 amide bonds. The Morgan fingerprint density at radius 1 is 1.11 bits per heavy atom. The SMILES string of the molecule is NCc1ccc(C(CN)C(=O)Nc2cccc3c(-c4cn[nH]c4)c[nH]c23)cc1. The van der Waals surface area contributed by atoms with Crippen LogP contribution >= 0.6 is 0 Å². The third-order valence-corrected chi connectivity index (χ3v) is 4.95. The number of rotatable bonds is 6. The number of H-pyrrole nitrogens is 2. The van der Waals surface area contributed by atoms with Gasteiger partial charge in [0.2, 0.25) is 5.91 Å². The van der Waals surface area contributed by atoms with E-state index in [0.717, 1.165) is 33.2 Å². The number of benzene rings is 2. The van der Waals surface area contributed by atoms with Crippen molar-refractivity contribution in [3.63, 3.8) is 0 Å². The van der Waals surface area contributed by atoms with E-state index in [-0.39, 0.29) is 12.5 Å². The van der Waals surface area contributed by atoms with Crippen LogP contribution in [0.15, 0.2) is 61.1 Å². The summed E-state index contributed by atoms with van der Waals surface area (Å²) in [5.41, 5.74) is 17.0. The van der Waals surface area contributed by atoms with Gasteiger partial charge in [-0.1, -0.05) is 36.4 Å². The van der Waals surface area contributed by atoms with E-state index in [1.165, 1.54) is 0 Å². The molecule has 0 aliphatic carbocycles. The van der Waals surface area contributed by atoms with E-state index in [2.05, 4.69) is 20.5 Å². The molecule has 1 unspecified atom stereocenters. The molecule has 2 aromatic heterocycles. The lowest BCUT2D eigenvalue weighted by molar-refractivity contribution is -0.117. The molecule has 4 rings (SSSR count). The lowest BCUT2D eigenvalue weighted by Crippen LogP contribution is -2.27. The number of carbonyl (C=O) groups excluding carboxylic acids is 1. The number of anilines is 1. The number of carbonyl (C=O) groups is 1. The van der Waals surface area contributed by atoms with Gasteiger partial charge in [-0.05, 0) is 17.2 Å². The average molecular weight is 374 g/mol. The quantitative estimate of drug-likeness (QED) is 0.356. The minimum absolute atomic E-state index is 0.144. The Hall–Kier alpha value is -3.42. The number of aromatic amines is 2. The van der Waals surface area contributed by atoms with Crippen molar-refractivity contribution in [1.29, 1.82) is 0 Å². The molecule has 0 spiro atoms. The van der Waals surface area contributed by atoms with Crippen LogP contribution in [-0.4, -0.2) is 27.6 Å². The molecule has 0 bridgehead atoms. The van der Waals surface area contributed by atoms with E-state index in [9.17, 15) is 4.79 Å². The molecule has 1 atom stereocenters. The molecule has 142 valence electrons. The average Bonchev–Trinajstić information content (AvgIpc) is 3.39. The molecule has 0 saturated heterocycles. The molecular formula is C21H22N6O. The van der Waals surface area contributed by atoms with Crippen molar-refractivity contribution in [2.75, 3.05) is 11.9 Å². The Labute approximate surface area is 162 Å². The van der Waals surface area contributed by atoms with Crippen LogP contribution in [0.3, 0.4) is 0 Å². The summed E-state index contributed by atoms with van der Waals surface area (Å²) in [5, 5.41) is 10.9. The monoisotopic (exact) mass is 374 g/mol. The fourth-order valence-electron chi connectivity index (χ4n) is 3.40. The van der Waals surface area contributed by atoms with Gasteiger partial charge >= 0.3 is 0 Å². The Kier molecular flexibility index (Phi) is 4.92. The van der Waals surface area contributed by atoms with Crippen molar-refractivity contribution in [2.45, 2.75) is 12.5 Å². The zero-order valence-corrected chi connectivity index (χ0v) is 15.3. The molecule has 0 aliphatic rings. The Balaban J connectivity index is 1.62. The first-order valence-electron chi connectivity index (χ1n) is 9.10. The van der Waals surface area contributed by atoms with Crippen molar-refractivity contribution >= 4 is 22.5 Å². The molecule has 7 nitrogen and oxygen atoms in total. The van der Waals surface area contributed by atoms with Crippen LogP contribution in [0.1, 0.15) is 17.0 Å². The number of aromatic nitrogens is 3. The fraction of sp³-hybridized carbons (Fsp3) is 0.143. The molecule has 2 aromatic carbocycles. The predicted molar refractivity (Wildman–Crippen MR) is 111 cm³/mol. The molecule has 0 aliphatic heterocycles. The highest BCUT2D eigenvalue weighted by Crippen LogP contribution is 2.32. The van der Waals surface area contributed by atoms with Crippen molar-refractivity contribution in [3.05, 3.63) is 72.2 Å². The van der Waals surface area contributed by atoms with Gasteiger partial charge in [-0.3, -0.25) is 9.89 Å². The highest BCUT2D eigenvalue weighted by molar-refractivity contribution is 6.07. The first-order chi connectivity index (χ1) is 13.7. The zero-order valence-electron chi connectivity index (χ0n) is 15.3. The lowest BCUT2D eigenvalue weighted by Gasteiger charge is -2.16. The predicted octanol–water partition coefficient (Wildman–Crippen LogP) is 2.70.